The van der Waals surface area contributed by atoms with Gasteiger partial charge in [0, 0.05) is 14.1 Å². The molecule has 162 valence electrons. The molecule has 0 aliphatic heterocycles. The van der Waals surface area contributed by atoms with Crippen LogP contribution in [0.1, 0.15) is 31.0 Å². The molecular weight excluding hydrogens is 400 g/mol. The van der Waals surface area contributed by atoms with E-state index in [-0.39, 0.29) is 11.2 Å². The number of aromatic nitrogens is 4. The highest BCUT2D eigenvalue weighted by atomic mass is 16.2. The predicted molar refractivity (Wildman–Crippen MR) is 129 cm³/mol. The molecule has 3 heterocycles. The van der Waals surface area contributed by atoms with Crippen molar-refractivity contribution in [2.45, 2.75) is 33.1 Å². The third-order valence-corrected chi connectivity index (χ3v) is 6.28. The molecule has 0 N–H and O–H groups in total. The highest BCUT2D eigenvalue weighted by Gasteiger charge is 2.25. The second kappa shape index (κ2) is 7.48. The predicted octanol–water partition coefficient (Wildman–Crippen LogP) is 4.36. The van der Waals surface area contributed by atoms with Crippen LogP contribution in [0.25, 0.3) is 38.7 Å². The number of aryl methyl sites for hydroxylation is 3. The Morgan fingerprint density at radius 1 is 0.938 bits per heavy atom. The Morgan fingerprint density at radius 3 is 2.47 bits per heavy atom. The van der Waals surface area contributed by atoms with Gasteiger partial charge in [0.05, 0.1) is 38.8 Å². The fraction of sp³-hybridized carbons (Fsp3) is 0.269. The summed E-state index contributed by atoms with van der Waals surface area (Å²) < 4.78 is 4.94. The van der Waals surface area contributed by atoms with Gasteiger partial charge in [-0.2, -0.15) is 0 Å². The van der Waals surface area contributed by atoms with Gasteiger partial charge in [0.15, 0.2) is 0 Å². The average Bonchev–Trinajstić information content (AvgIpc) is 3.16. The van der Waals surface area contributed by atoms with Crippen molar-refractivity contribution >= 4 is 27.5 Å². The number of nitrogens with zero attached hydrogens (tertiary/aromatic N) is 4. The zero-order valence-electron chi connectivity index (χ0n) is 18.8. The van der Waals surface area contributed by atoms with Crippen molar-refractivity contribution in [1.29, 1.82) is 0 Å². The van der Waals surface area contributed by atoms with E-state index in [1.807, 2.05) is 49.4 Å². The second-order valence-corrected chi connectivity index (χ2v) is 8.48. The fourth-order valence-electron chi connectivity index (χ4n) is 4.70. The van der Waals surface area contributed by atoms with Crippen LogP contribution in [0.4, 0.5) is 0 Å². The molecule has 0 saturated carbocycles. The van der Waals surface area contributed by atoms with E-state index in [1.54, 1.807) is 18.7 Å². The van der Waals surface area contributed by atoms with E-state index in [0.717, 1.165) is 58.3 Å². The first-order chi connectivity index (χ1) is 15.4. The summed E-state index contributed by atoms with van der Waals surface area (Å²) in [5.74, 6) is 0. The standard InChI is InChI=1S/C26H26N4O2/c1-5-6-12-19-23-24-21(25(31)29(4)26(32)28(24)3)22(17-11-9-10-16(2)15-17)30(23)20-14-8-7-13-18(20)27-19/h7-11,13-15H,5-6,12H2,1-4H3. The van der Waals surface area contributed by atoms with E-state index in [2.05, 4.69) is 17.4 Å². The molecule has 0 aliphatic rings. The zero-order chi connectivity index (χ0) is 22.6. The smallest absolute Gasteiger partial charge is 0.303 e. The molecule has 0 atom stereocenters. The molecule has 6 nitrogen and oxygen atoms in total. The van der Waals surface area contributed by atoms with Crippen molar-refractivity contribution in [3.8, 4) is 11.3 Å². The summed E-state index contributed by atoms with van der Waals surface area (Å²) in [5.41, 5.74) is 6.46. The lowest BCUT2D eigenvalue weighted by atomic mass is 10.1. The van der Waals surface area contributed by atoms with Gasteiger partial charge < -0.3 is 4.40 Å². The Kier molecular flexibility index (Phi) is 4.73. The summed E-state index contributed by atoms with van der Waals surface area (Å²) in [6, 6.07) is 16.2. The molecule has 0 radical (unpaired) electrons. The Morgan fingerprint density at radius 2 is 1.72 bits per heavy atom. The number of unbranched alkanes of at least 4 members (excludes halogenated alkanes) is 1. The van der Waals surface area contributed by atoms with E-state index in [4.69, 9.17) is 4.98 Å². The molecule has 3 aromatic heterocycles. The van der Waals surface area contributed by atoms with Gasteiger partial charge in [-0.1, -0.05) is 49.2 Å². The van der Waals surface area contributed by atoms with Crippen LogP contribution < -0.4 is 11.2 Å². The van der Waals surface area contributed by atoms with E-state index >= 15 is 0 Å². The first-order valence-electron chi connectivity index (χ1n) is 11.0. The van der Waals surface area contributed by atoms with Crippen molar-refractivity contribution in [3.63, 3.8) is 0 Å². The number of para-hydroxylation sites is 2. The van der Waals surface area contributed by atoms with Crippen molar-refractivity contribution in [3.05, 3.63) is 80.6 Å². The van der Waals surface area contributed by atoms with Crippen LogP contribution in [0, 0.1) is 6.92 Å². The summed E-state index contributed by atoms with van der Waals surface area (Å²) in [6.45, 7) is 4.19. The van der Waals surface area contributed by atoms with Crippen molar-refractivity contribution < 1.29 is 0 Å². The van der Waals surface area contributed by atoms with Crippen LogP contribution >= 0.6 is 0 Å². The summed E-state index contributed by atoms with van der Waals surface area (Å²) in [4.78, 5) is 31.5. The Labute approximate surface area is 185 Å². The van der Waals surface area contributed by atoms with E-state index in [9.17, 15) is 9.59 Å². The number of fused-ring (bicyclic) bond motifs is 5. The highest BCUT2D eigenvalue weighted by Crippen LogP contribution is 2.36. The van der Waals surface area contributed by atoms with Crippen LogP contribution in [0.15, 0.2) is 58.1 Å². The van der Waals surface area contributed by atoms with Gasteiger partial charge in [0.1, 0.15) is 0 Å². The monoisotopic (exact) mass is 426 g/mol. The van der Waals surface area contributed by atoms with Gasteiger partial charge in [0.2, 0.25) is 0 Å². The van der Waals surface area contributed by atoms with Gasteiger partial charge in [-0.3, -0.25) is 13.9 Å². The third-order valence-electron chi connectivity index (χ3n) is 6.28. The maximum atomic E-state index is 13.5. The maximum absolute atomic E-state index is 13.5. The van der Waals surface area contributed by atoms with Crippen LogP contribution in [0.5, 0.6) is 0 Å². The molecule has 0 bridgehead atoms. The molecule has 6 heteroatoms. The lowest BCUT2D eigenvalue weighted by Gasteiger charge is -2.12. The first-order valence-corrected chi connectivity index (χ1v) is 11.0. The van der Waals surface area contributed by atoms with Crippen LogP contribution in [0.3, 0.4) is 0 Å². The number of hydrogen-bond acceptors (Lipinski definition) is 3. The molecule has 5 rings (SSSR count). The molecule has 0 unspecified atom stereocenters. The summed E-state index contributed by atoms with van der Waals surface area (Å²) >= 11 is 0. The van der Waals surface area contributed by atoms with E-state index in [0.29, 0.717) is 10.9 Å². The van der Waals surface area contributed by atoms with Crippen LogP contribution in [-0.2, 0) is 20.5 Å². The largest absolute Gasteiger partial charge is 0.331 e. The minimum absolute atomic E-state index is 0.283. The average molecular weight is 427 g/mol. The molecule has 5 aromatic rings. The van der Waals surface area contributed by atoms with E-state index < -0.39 is 0 Å². The normalized spacial score (nSPS) is 11.8. The molecule has 32 heavy (non-hydrogen) atoms. The summed E-state index contributed by atoms with van der Waals surface area (Å²) in [6.07, 6.45) is 2.79. The first kappa shape index (κ1) is 20.2. The zero-order valence-corrected chi connectivity index (χ0v) is 18.8. The topological polar surface area (TPSA) is 61.3 Å². The van der Waals surface area contributed by atoms with Crippen LogP contribution in [0.2, 0.25) is 0 Å². The molecule has 0 saturated heterocycles. The second-order valence-electron chi connectivity index (χ2n) is 8.48. The van der Waals surface area contributed by atoms with Gasteiger partial charge in [0.25, 0.3) is 5.56 Å². The van der Waals surface area contributed by atoms with Crippen LogP contribution in [-0.4, -0.2) is 18.5 Å². The summed E-state index contributed by atoms with van der Waals surface area (Å²) in [7, 11) is 3.28. The van der Waals surface area contributed by atoms with E-state index in [1.165, 1.54) is 4.57 Å². The third kappa shape index (κ3) is 2.83. The molecule has 0 amide bonds. The molecule has 0 fully saturated rings. The van der Waals surface area contributed by atoms with Crippen molar-refractivity contribution in [1.82, 2.24) is 18.5 Å². The number of rotatable bonds is 4. The SMILES string of the molecule is CCCCc1nc2ccccc2n2c(-c3cccc(C)c3)c3c(=O)n(C)c(=O)n(C)c3c12. The quantitative estimate of drug-likeness (QED) is 0.429. The molecular formula is C26H26N4O2. The highest BCUT2D eigenvalue weighted by molar-refractivity contribution is 6.07. The lowest BCUT2D eigenvalue weighted by Crippen LogP contribution is -2.36. The minimum atomic E-state index is -0.333. The molecule has 0 aliphatic carbocycles. The van der Waals surface area contributed by atoms with Gasteiger partial charge in [-0.15, -0.1) is 0 Å². The maximum Gasteiger partial charge on any atom is 0.331 e. The number of hydrogen-bond donors (Lipinski definition) is 0. The fourth-order valence-corrected chi connectivity index (χ4v) is 4.70. The molecule has 2 aromatic carbocycles. The van der Waals surface area contributed by atoms with Gasteiger partial charge in [-0.05, 0) is 43.5 Å². The Balaban J connectivity index is 2.16. The van der Waals surface area contributed by atoms with Crippen molar-refractivity contribution in [2.75, 3.05) is 0 Å². The van der Waals surface area contributed by atoms with Gasteiger partial charge in [-0.25, -0.2) is 9.78 Å². The van der Waals surface area contributed by atoms with Crippen molar-refractivity contribution in [2.24, 2.45) is 14.1 Å². The summed E-state index contributed by atoms with van der Waals surface area (Å²) in [5, 5.41) is 0.552. The molecule has 0 spiro atoms. The Bertz CT molecular complexity index is 1640. The lowest BCUT2D eigenvalue weighted by molar-refractivity contribution is 0.715. The minimum Gasteiger partial charge on any atom is -0.303 e. The Hall–Kier alpha value is -3.67. The number of benzene rings is 2. The van der Waals surface area contributed by atoms with Gasteiger partial charge >= 0.3 is 5.69 Å².